The third kappa shape index (κ3) is 8.37. The summed E-state index contributed by atoms with van der Waals surface area (Å²) in [5, 5.41) is 3.04. The molecule has 1 atom stereocenters. The van der Waals surface area contributed by atoms with E-state index in [9.17, 15) is 9.59 Å². The molecular weight excluding hydrogens is 432 g/mol. The molecule has 1 amide bonds. The molecule has 0 aliphatic rings. The minimum absolute atomic E-state index is 0.101. The number of carbonyl (C=O) groups is 2. The van der Waals surface area contributed by atoms with Crippen LogP contribution in [0, 0.1) is 19.3 Å². The molecule has 0 radical (unpaired) electrons. The van der Waals surface area contributed by atoms with Crippen LogP contribution < -0.4 is 20.5 Å². The molecule has 2 aromatic carbocycles. The van der Waals surface area contributed by atoms with Gasteiger partial charge in [-0.15, -0.1) is 0 Å². The lowest BCUT2D eigenvalue weighted by Gasteiger charge is -2.23. The van der Waals surface area contributed by atoms with Crippen LogP contribution in [0.4, 0.5) is 0 Å². The van der Waals surface area contributed by atoms with Crippen LogP contribution in [-0.4, -0.2) is 44.8 Å². The predicted octanol–water partition coefficient (Wildman–Crippen LogP) is 3.51. The van der Waals surface area contributed by atoms with E-state index in [1.807, 2.05) is 12.1 Å². The SMILES string of the molecule is COc1cc(CC(=O)NC(COC(=O)C(C)(C)C)Cc2ccc(C)c(C)c2)ccc1OCCN. The summed E-state index contributed by atoms with van der Waals surface area (Å²) in [5.74, 6) is 0.659. The van der Waals surface area contributed by atoms with Crippen molar-refractivity contribution in [3.05, 3.63) is 58.7 Å². The number of hydrogen-bond donors (Lipinski definition) is 2. The highest BCUT2D eigenvalue weighted by molar-refractivity contribution is 5.79. The summed E-state index contributed by atoms with van der Waals surface area (Å²) in [7, 11) is 1.55. The maximum Gasteiger partial charge on any atom is 0.311 e. The van der Waals surface area contributed by atoms with Crippen LogP contribution in [0.25, 0.3) is 0 Å². The number of aryl methyl sites for hydroxylation is 2. The summed E-state index contributed by atoms with van der Waals surface area (Å²) in [6.45, 7) is 10.4. The average molecular weight is 471 g/mol. The zero-order chi connectivity index (χ0) is 25.3. The van der Waals surface area contributed by atoms with Gasteiger partial charge in [-0.3, -0.25) is 9.59 Å². The van der Waals surface area contributed by atoms with E-state index in [4.69, 9.17) is 19.9 Å². The van der Waals surface area contributed by atoms with Crippen LogP contribution >= 0.6 is 0 Å². The summed E-state index contributed by atoms with van der Waals surface area (Å²) >= 11 is 0. The molecule has 0 bridgehead atoms. The van der Waals surface area contributed by atoms with Gasteiger partial charge in [-0.2, -0.15) is 0 Å². The van der Waals surface area contributed by atoms with Crippen molar-refractivity contribution in [3.8, 4) is 11.5 Å². The van der Waals surface area contributed by atoms with E-state index in [1.54, 1.807) is 40.0 Å². The summed E-state index contributed by atoms with van der Waals surface area (Å²) in [4.78, 5) is 25.2. The Morgan fingerprint density at radius 2 is 1.71 bits per heavy atom. The molecule has 1 unspecified atom stereocenters. The Bertz CT molecular complexity index is 981. The predicted molar refractivity (Wildman–Crippen MR) is 133 cm³/mol. The van der Waals surface area contributed by atoms with Gasteiger partial charge in [0, 0.05) is 6.54 Å². The zero-order valence-electron chi connectivity index (χ0n) is 21.2. The van der Waals surface area contributed by atoms with Crippen LogP contribution in [0.5, 0.6) is 11.5 Å². The minimum Gasteiger partial charge on any atom is -0.493 e. The van der Waals surface area contributed by atoms with Crippen molar-refractivity contribution in [1.82, 2.24) is 5.32 Å². The first kappa shape index (κ1) is 27.2. The minimum atomic E-state index is -0.612. The molecule has 7 nitrogen and oxygen atoms in total. The van der Waals surface area contributed by atoms with Gasteiger partial charge in [-0.1, -0.05) is 24.3 Å². The largest absolute Gasteiger partial charge is 0.493 e. The van der Waals surface area contributed by atoms with Gasteiger partial charge in [0.1, 0.15) is 13.2 Å². The van der Waals surface area contributed by atoms with E-state index in [0.29, 0.717) is 31.1 Å². The number of amides is 1. The smallest absolute Gasteiger partial charge is 0.311 e. The quantitative estimate of drug-likeness (QED) is 0.488. The molecule has 0 spiro atoms. The van der Waals surface area contributed by atoms with Gasteiger partial charge in [0.2, 0.25) is 5.91 Å². The van der Waals surface area contributed by atoms with Crippen molar-refractivity contribution >= 4 is 11.9 Å². The summed E-state index contributed by atoms with van der Waals surface area (Å²) in [6.07, 6.45) is 0.712. The number of hydrogen-bond acceptors (Lipinski definition) is 6. The highest BCUT2D eigenvalue weighted by Gasteiger charge is 2.25. The number of nitrogens with two attached hydrogens (primary N) is 1. The monoisotopic (exact) mass is 470 g/mol. The number of esters is 1. The van der Waals surface area contributed by atoms with E-state index in [0.717, 1.165) is 11.1 Å². The number of benzene rings is 2. The normalized spacial score (nSPS) is 12.1. The van der Waals surface area contributed by atoms with Gasteiger partial charge in [0.25, 0.3) is 0 Å². The maximum atomic E-state index is 12.9. The Balaban J connectivity index is 2.11. The van der Waals surface area contributed by atoms with Crippen LogP contribution in [0.15, 0.2) is 36.4 Å². The molecule has 186 valence electrons. The second kappa shape index (κ2) is 12.4. The van der Waals surface area contributed by atoms with Crippen molar-refractivity contribution in [3.63, 3.8) is 0 Å². The number of nitrogens with one attached hydrogen (secondary N) is 1. The summed E-state index contributed by atoms with van der Waals surface area (Å²) in [5.41, 5.74) is 9.13. The summed E-state index contributed by atoms with van der Waals surface area (Å²) < 4.78 is 16.5. The molecular formula is C27H38N2O5. The van der Waals surface area contributed by atoms with Gasteiger partial charge < -0.3 is 25.3 Å². The van der Waals surface area contributed by atoms with Crippen LogP contribution in [0.1, 0.15) is 43.0 Å². The number of ether oxygens (including phenoxy) is 3. The van der Waals surface area contributed by atoms with Gasteiger partial charge >= 0.3 is 5.97 Å². The fraction of sp³-hybridized carbons (Fsp3) is 0.481. The van der Waals surface area contributed by atoms with E-state index in [-0.39, 0.29) is 30.9 Å². The van der Waals surface area contributed by atoms with Crippen molar-refractivity contribution < 1.29 is 23.8 Å². The van der Waals surface area contributed by atoms with Crippen LogP contribution in [0.3, 0.4) is 0 Å². The number of methoxy groups -OCH3 is 1. The van der Waals surface area contributed by atoms with Crippen molar-refractivity contribution in [2.45, 2.75) is 53.5 Å². The maximum absolute atomic E-state index is 12.9. The summed E-state index contributed by atoms with van der Waals surface area (Å²) in [6, 6.07) is 11.2. The Hall–Kier alpha value is -3.06. The molecule has 0 aliphatic heterocycles. The Kier molecular flexibility index (Phi) is 9.93. The van der Waals surface area contributed by atoms with Gasteiger partial charge in [0.05, 0.1) is 25.0 Å². The van der Waals surface area contributed by atoms with Gasteiger partial charge in [-0.25, -0.2) is 0 Å². The third-order valence-electron chi connectivity index (χ3n) is 5.41. The standard InChI is InChI=1S/C27H38N2O5/c1-18-7-8-20(13-19(18)2)14-22(17-34-26(31)27(3,4)5)29-25(30)16-21-9-10-23(33-12-11-28)24(15-21)32-6/h7-10,13,15,22H,11-12,14,16-17,28H2,1-6H3,(H,29,30). The van der Waals surface area contributed by atoms with E-state index in [2.05, 4.69) is 31.3 Å². The average Bonchev–Trinajstić information content (AvgIpc) is 2.77. The van der Waals surface area contributed by atoms with E-state index < -0.39 is 5.41 Å². The molecule has 0 aliphatic carbocycles. The molecule has 0 fully saturated rings. The molecule has 0 saturated carbocycles. The number of carbonyl (C=O) groups excluding carboxylic acids is 2. The molecule has 0 aromatic heterocycles. The van der Waals surface area contributed by atoms with Crippen LogP contribution in [0.2, 0.25) is 0 Å². The third-order valence-corrected chi connectivity index (χ3v) is 5.41. The first-order valence-electron chi connectivity index (χ1n) is 11.6. The second-order valence-electron chi connectivity index (χ2n) is 9.53. The first-order valence-corrected chi connectivity index (χ1v) is 11.6. The zero-order valence-corrected chi connectivity index (χ0v) is 21.2. The lowest BCUT2D eigenvalue weighted by molar-refractivity contribution is -0.154. The Morgan fingerprint density at radius 1 is 1.00 bits per heavy atom. The molecule has 2 rings (SSSR count). The first-order chi connectivity index (χ1) is 16.0. The molecule has 34 heavy (non-hydrogen) atoms. The lowest BCUT2D eigenvalue weighted by atomic mass is 9.97. The fourth-order valence-corrected chi connectivity index (χ4v) is 3.33. The fourth-order valence-electron chi connectivity index (χ4n) is 3.33. The molecule has 2 aromatic rings. The van der Waals surface area contributed by atoms with Crippen molar-refractivity contribution in [2.24, 2.45) is 11.1 Å². The lowest BCUT2D eigenvalue weighted by Crippen LogP contribution is -2.42. The highest BCUT2D eigenvalue weighted by atomic mass is 16.5. The molecule has 7 heteroatoms. The highest BCUT2D eigenvalue weighted by Crippen LogP contribution is 2.28. The molecule has 0 saturated heterocycles. The molecule has 0 heterocycles. The van der Waals surface area contributed by atoms with Crippen LogP contribution in [-0.2, 0) is 27.2 Å². The van der Waals surface area contributed by atoms with Gasteiger partial charge in [0.15, 0.2) is 11.5 Å². The Morgan fingerprint density at radius 3 is 2.32 bits per heavy atom. The molecule has 3 N–H and O–H groups in total. The van der Waals surface area contributed by atoms with Gasteiger partial charge in [-0.05, 0) is 75.4 Å². The number of rotatable bonds is 11. The van der Waals surface area contributed by atoms with E-state index >= 15 is 0 Å². The van der Waals surface area contributed by atoms with E-state index in [1.165, 1.54) is 11.1 Å². The second-order valence-corrected chi connectivity index (χ2v) is 9.53. The van der Waals surface area contributed by atoms with Crippen molar-refractivity contribution in [2.75, 3.05) is 26.9 Å². The Labute approximate surface area is 203 Å². The van der Waals surface area contributed by atoms with Crippen molar-refractivity contribution in [1.29, 1.82) is 0 Å². The topological polar surface area (TPSA) is 99.9 Å².